The van der Waals surface area contributed by atoms with Gasteiger partial charge in [-0.05, 0) is 41.5 Å². The van der Waals surface area contributed by atoms with Crippen LogP contribution in [-0.4, -0.2) is 20.5 Å². The van der Waals surface area contributed by atoms with Crippen LogP contribution >= 0.6 is 0 Å². The van der Waals surface area contributed by atoms with Crippen LogP contribution in [0, 0.1) is 0 Å². The van der Waals surface area contributed by atoms with Gasteiger partial charge in [0, 0.05) is 22.7 Å². The van der Waals surface area contributed by atoms with E-state index in [2.05, 4.69) is 5.32 Å². The third-order valence-corrected chi connectivity index (χ3v) is 5.10. The molecule has 1 aliphatic heterocycles. The van der Waals surface area contributed by atoms with Gasteiger partial charge in [0.25, 0.3) is 5.91 Å². The van der Waals surface area contributed by atoms with Crippen LogP contribution in [0.4, 0.5) is 18.9 Å². The number of fused-ring (bicyclic) bond motifs is 1. The van der Waals surface area contributed by atoms with Crippen molar-refractivity contribution < 1.29 is 26.4 Å². The fourth-order valence-corrected chi connectivity index (χ4v) is 3.60. The molecule has 134 valence electrons. The zero-order valence-corrected chi connectivity index (χ0v) is 13.9. The van der Waals surface area contributed by atoms with E-state index in [4.69, 9.17) is 0 Å². The summed E-state index contributed by atoms with van der Waals surface area (Å²) in [5, 5.41) is 3.67. The summed E-state index contributed by atoms with van der Waals surface area (Å²) in [4.78, 5) is 12.3. The highest BCUT2D eigenvalue weighted by molar-refractivity contribution is 7.94. The fraction of sp³-hybridized carbons (Fsp3) is 0.0556. The van der Waals surface area contributed by atoms with Crippen molar-refractivity contribution in [2.75, 3.05) is 5.32 Å². The highest BCUT2D eigenvalue weighted by Crippen LogP contribution is 2.29. The van der Waals surface area contributed by atoms with Crippen molar-refractivity contribution in [2.24, 2.45) is 0 Å². The zero-order valence-electron chi connectivity index (χ0n) is 13.1. The molecule has 0 aromatic heterocycles. The lowest BCUT2D eigenvalue weighted by Crippen LogP contribution is -2.12. The minimum absolute atomic E-state index is 0.112. The summed E-state index contributed by atoms with van der Waals surface area (Å²) in [6, 6.07) is 10.1. The molecule has 1 heterocycles. The van der Waals surface area contributed by atoms with Crippen LogP contribution in [0.25, 0.3) is 12.2 Å². The average Bonchev–Trinajstić information content (AvgIpc) is 2.88. The molecular formula is C18H12F3NO3S. The first kappa shape index (κ1) is 17.9. The molecule has 0 spiro atoms. The number of benzene rings is 2. The number of sulfone groups is 1. The number of rotatable bonds is 3. The van der Waals surface area contributed by atoms with Crippen LogP contribution in [0.3, 0.4) is 0 Å². The van der Waals surface area contributed by atoms with E-state index in [0.717, 1.165) is 11.5 Å². The molecule has 0 fully saturated rings. The Morgan fingerprint density at radius 1 is 1.04 bits per heavy atom. The summed E-state index contributed by atoms with van der Waals surface area (Å²) in [7, 11) is -3.48. The molecule has 1 amide bonds. The van der Waals surface area contributed by atoms with Crippen LogP contribution in [0.2, 0.25) is 0 Å². The monoisotopic (exact) mass is 379 g/mol. The van der Waals surface area contributed by atoms with Crippen molar-refractivity contribution >= 4 is 33.6 Å². The molecular weight excluding hydrogens is 367 g/mol. The summed E-state index contributed by atoms with van der Waals surface area (Å²) >= 11 is 0. The van der Waals surface area contributed by atoms with Gasteiger partial charge in [-0.15, -0.1) is 0 Å². The topological polar surface area (TPSA) is 63.2 Å². The molecule has 2 aromatic rings. The van der Waals surface area contributed by atoms with E-state index < -0.39 is 21.9 Å². The predicted octanol–water partition coefficient (Wildman–Crippen LogP) is 4.27. The second-order valence-corrected chi connectivity index (χ2v) is 7.35. The molecule has 2 aromatic carbocycles. The van der Waals surface area contributed by atoms with Crippen LogP contribution in [0.1, 0.15) is 21.5 Å². The second kappa shape index (κ2) is 6.45. The number of nitrogens with one attached hydrogen (secondary N) is 1. The molecule has 0 bridgehead atoms. The Morgan fingerprint density at radius 2 is 1.73 bits per heavy atom. The lowest BCUT2D eigenvalue weighted by Gasteiger charge is -2.07. The molecule has 8 heteroatoms. The van der Waals surface area contributed by atoms with Gasteiger partial charge in [0.05, 0.1) is 4.90 Å². The van der Waals surface area contributed by atoms with E-state index >= 15 is 0 Å². The summed E-state index contributed by atoms with van der Waals surface area (Å²) in [5.41, 5.74) is 1.38. The van der Waals surface area contributed by atoms with E-state index in [1.807, 2.05) is 0 Å². The van der Waals surface area contributed by atoms with E-state index in [1.165, 1.54) is 36.4 Å². The van der Waals surface area contributed by atoms with E-state index in [0.29, 0.717) is 16.8 Å². The lowest BCUT2D eigenvalue weighted by molar-refractivity contribution is -0.0790. The average molecular weight is 379 g/mol. The lowest BCUT2D eigenvalue weighted by atomic mass is 10.1. The van der Waals surface area contributed by atoms with E-state index in [-0.39, 0.29) is 16.5 Å². The molecule has 0 aliphatic carbocycles. The SMILES string of the molecule is O=C(Nc1ccc2c(c1)S(=O)(=O)C=C2)c1ccc(C=CC(F)(F)F)cc1. The van der Waals surface area contributed by atoms with Crippen LogP contribution in [0.15, 0.2) is 58.8 Å². The first-order valence-electron chi connectivity index (χ1n) is 7.39. The largest absolute Gasteiger partial charge is 0.409 e. The number of carbonyl (C=O) groups excluding carboxylic acids is 1. The van der Waals surface area contributed by atoms with E-state index in [9.17, 15) is 26.4 Å². The Morgan fingerprint density at radius 3 is 2.38 bits per heavy atom. The quantitative estimate of drug-likeness (QED) is 0.866. The van der Waals surface area contributed by atoms with Crippen LogP contribution in [-0.2, 0) is 9.84 Å². The van der Waals surface area contributed by atoms with Crippen molar-refractivity contribution in [2.45, 2.75) is 11.1 Å². The number of amides is 1. The van der Waals surface area contributed by atoms with Gasteiger partial charge < -0.3 is 5.32 Å². The van der Waals surface area contributed by atoms with Crippen molar-refractivity contribution in [3.05, 3.63) is 70.6 Å². The predicted molar refractivity (Wildman–Crippen MR) is 92.1 cm³/mol. The van der Waals surface area contributed by atoms with Gasteiger partial charge in [-0.1, -0.05) is 24.3 Å². The molecule has 3 rings (SSSR count). The molecule has 0 atom stereocenters. The number of alkyl halides is 3. The highest BCUT2D eigenvalue weighted by atomic mass is 32.2. The van der Waals surface area contributed by atoms with Crippen molar-refractivity contribution in [3.8, 4) is 0 Å². The van der Waals surface area contributed by atoms with Gasteiger partial charge in [-0.2, -0.15) is 13.2 Å². The maximum Gasteiger partial charge on any atom is 0.409 e. The Bertz CT molecular complexity index is 1020. The normalized spacial score (nSPS) is 15.2. The van der Waals surface area contributed by atoms with Crippen molar-refractivity contribution in [1.82, 2.24) is 0 Å². The van der Waals surface area contributed by atoms with Crippen LogP contribution < -0.4 is 5.32 Å². The number of halogens is 3. The van der Waals surface area contributed by atoms with E-state index in [1.54, 1.807) is 12.1 Å². The number of allylic oxidation sites excluding steroid dienone is 1. The maximum atomic E-state index is 12.2. The standard InChI is InChI=1S/C18H12F3NO3S/c19-18(20,21)9-7-12-1-3-14(4-2-12)17(23)22-15-6-5-13-8-10-26(24,25)16(13)11-15/h1-11H,(H,22,23). The number of carbonyl (C=O) groups is 1. The number of hydrogen-bond acceptors (Lipinski definition) is 3. The van der Waals surface area contributed by atoms with Gasteiger partial charge >= 0.3 is 6.18 Å². The van der Waals surface area contributed by atoms with Gasteiger partial charge in [-0.3, -0.25) is 4.79 Å². The van der Waals surface area contributed by atoms with Gasteiger partial charge in [0.15, 0.2) is 0 Å². The molecule has 0 unspecified atom stereocenters. The molecule has 1 N–H and O–H groups in total. The Hall–Kier alpha value is -2.87. The zero-order chi connectivity index (χ0) is 18.9. The minimum atomic E-state index is -4.40. The Balaban J connectivity index is 1.74. The third kappa shape index (κ3) is 4.02. The van der Waals surface area contributed by atoms with Gasteiger partial charge in [0.2, 0.25) is 9.84 Å². The summed E-state index contributed by atoms with van der Waals surface area (Å²) in [6.07, 6.45) is -1.91. The molecule has 0 saturated heterocycles. The third-order valence-electron chi connectivity index (χ3n) is 3.64. The van der Waals surface area contributed by atoms with Gasteiger partial charge in [-0.25, -0.2) is 8.42 Å². The number of hydrogen-bond donors (Lipinski definition) is 1. The minimum Gasteiger partial charge on any atom is -0.322 e. The Kier molecular flexibility index (Phi) is 4.45. The first-order chi connectivity index (χ1) is 12.1. The highest BCUT2D eigenvalue weighted by Gasteiger charge is 2.22. The first-order valence-corrected chi connectivity index (χ1v) is 8.93. The second-order valence-electron chi connectivity index (χ2n) is 5.55. The summed E-state index contributed by atoms with van der Waals surface area (Å²) < 4.78 is 60.1. The number of anilines is 1. The van der Waals surface area contributed by atoms with Gasteiger partial charge in [0.1, 0.15) is 0 Å². The van der Waals surface area contributed by atoms with Crippen molar-refractivity contribution in [3.63, 3.8) is 0 Å². The molecule has 1 aliphatic rings. The summed E-state index contributed by atoms with van der Waals surface area (Å²) in [5.74, 6) is -0.500. The molecule has 0 radical (unpaired) electrons. The fourth-order valence-electron chi connectivity index (χ4n) is 2.37. The van der Waals surface area contributed by atoms with Crippen molar-refractivity contribution in [1.29, 1.82) is 0 Å². The Labute approximate surface area is 147 Å². The molecule has 26 heavy (non-hydrogen) atoms. The maximum absolute atomic E-state index is 12.2. The molecule has 4 nitrogen and oxygen atoms in total. The smallest absolute Gasteiger partial charge is 0.322 e. The molecule has 0 saturated carbocycles. The summed E-state index contributed by atoms with van der Waals surface area (Å²) in [6.45, 7) is 0. The van der Waals surface area contributed by atoms with Crippen LogP contribution in [0.5, 0.6) is 0 Å².